The van der Waals surface area contributed by atoms with Gasteiger partial charge in [0.15, 0.2) is 0 Å². The van der Waals surface area contributed by atoms with Gasteiger partial charge in [-0.1, -0.05) is 24.9 Å². The summed E-state index contributed by atoms with van der Waals surface area (Å²) in [5.74, 6) is 1.76. The van der Waals surface area contributed by atoms with Gasteiger partial charge in [-0.3, -0.25) is 0 Å². The van der Waals surface area contributed by atoms with Crippen LogP contribution < -0.4 is 10.6 Å². The van der Waals surface area contributed by atoms with Crippen LogP contribution in [0.3, 0.4) is 0 Å². The summed E-state index contributed by atoms with van der Waals surface area (Å²) in [6, 6.07) is 2.33. The Hall–Kier alpha value is -0.960. The van der Waals surface area contributed by atoms with Crippen molar-refractivity contribution in [3.05, 3.63) is 17.3 Å². The fraction of sp³-hybridized carbons (Fsp3) is 0.643. The normalized spacial score (nSPS) is 23.9. The monoisotopic (exact) mass is 267 g/mol. The number of nitrogens with two attached hydrogens (primary N) is 1. The van der Waals surface area contributed by atoms with Crippen molar-refractivity contribution in [3.63, 3.8) is 0 Å². The first kappa shape index (κ1) is 13.5. The van der Waals surface area contributed by atoms with Crippen LogP contribution in [0.15, 0.2) is 12.3 Å². The van der Waals surface area contributed by atoms with Gasteiger partial charge in [0, 0.05) is 13.1 Å². The highest BCUT2D eigenvalue weighted by atomic mass is 35.5. The average Bonchev–Trinajstić information content (AvgIpc) is 2.38. The van der Waals surface area contributed by atoms with E-state index in [1.54, 1.807) is 12.3 Å². The maximum absolute atomic E-state index is 6.22. The van der Waals surface area contributed by atoms with Crippen molar-refractivity contribution in [3.8, 4) is 0 Å². The van der Waals surface area contributed by atoms with Crippen molar-refractivity contribution in [2.75, 3.05) is 17.7 Å². The molecule has 0 spiro atoms. The van der Waals surface area contributed by atoms with E-state index in [1.165, 1.54) is 32.1 Å². The topological polar surface area (TPSA) is 42.2 Å². The first-order valence-electron chi connectivity index (χ1n) is 6.75. The number of hydrogen-bond acceptors (Lipinski definition) is 3. The standard InChI is InChI=1S/C14H22ClN3/c1-3-10-4-6-12(7-5-10)18(2)14-13(15)8-11(16)9-17-14/h8-10,12H,3-7,16H2,1-2H3. The molecule has 1 aromatic rings. The largest absolute Gasteiger partial charge is 0.397 e. The first-order valence-corrected chi connectivity index (χ1v) is 7.13. The van der Waals surface area contributed by atoms with E-state index in [0.29, 0.717) is 16.8 Å². The van der Waals surface area contributed by atoms with Gasteiger partial charge >= 0.3 is 0 Å². The van der Waals surface area contributed by atoms with Crippen molar-refractivity contribution in [2.45, 2.75) is 45.1 Å². The number of pyridine rings is 1. The Kier molecular flexibility index (Phi) is 4.33. The van der Waals surface area contributed by atoms with Crippen LogP contribution in [0.25, 0.3) is 0 Å². The molecular formula is C14H22ClN3. The predicted molar refractivity (Wildman–Crippen MR) is 78.1 cm³/mol. The Morgan fingerprint density at radius 3 is 2.61 bits per heavy atom. The van der Waals surface area contributed by atoms with Crippen LogP contribution in [-0.4, -0.2) is 18.1 Å². The number of rotatable bonds is 3. The van der Waals surface area contributed by atoms with E-state index in [9.17, 15) is 0 Å². The number of hydrogen-bond donors (Lipinski definition) is 1. The Balaban J connectivity index is 2.05. The van der Waals surface area contributed by atoms with Crippen LogP contribution in [0.4, 0.5) is 11.5 Å². The van der Waals surface area contributed by atoms with Crippen LogP contribution in [0.1, 0.15) is 39.0 Å². The molecule has 1 aliphatic rings. The molecular weight excluding hydrogens is 246 g/mol. The summed E-state index contributed by atoms with van der Waals surface area (Å²) in [6.45, 7) is 2.28. The molecule has 2 rings (SSSR count). The summed E-state index contributed by atoms with van der Waals surface area (Å²) in [4.78, 5) is 6.58. The summed E-state index contributed by atoms with van der Waals surface area (Å²) < 4.78 is 0. The number of anilines is 2. The van der Waals surface area contributed by atoms with Gasteiger partial charge in [-0.15, -0.1) is 0 Å². The second-order valence-corrected chi connectivity index (χ2v) is 5.67. The molecule has 2 N–H and O–H groups in total. The SMILES string of the molecule is CCC1CCC(N(C)c2ncc(N)cc2Cl)CC1. The highest BCUT2D eigenvalue weighted by molar-refractivity contribution is 6.33. The van der Waals surface area contributed by atoms with Crippen molar-refractivity contribution < 1.29 is 0 Å². The van der Waals surface area contributed by atoms with Gasteiger partial charge in [0.2, 0.25) is 0 Å². The van der Waals surface area contributed by atoms with Gasteiger partial charge in [0.25, 0.3) is 0 Å². The molecule has 0 aromatic carbocycles. The summed E-state index contributed by atoms with van der Waals surface area (Å²) in [7, 11) is 2.08. The minimum Gasteiger partial charge on any atom is -0.397 e. The smallest absolute Gasteiger partial charge is 0.147 e. The van der Waals surface area contributed by atoms with Crippen LogP contribution in [0, 0.1) is 5.92 Å². The molecule has 1 heterocycles. The second-order valence-electron chi connectivity index (χ2n) is 5.27. The molecule has 100 valence electrons. The lowest BCUT2D eigenvalue weighted by atomic mass is 9.84. The maximum atomic E-state index is 6.22. The van der Waals surface area contributed by atoms with Crippen molar-refractivity contribution in [1.82, 2.24) is 4.98 Å². The molecule has 0 aliphatic heterocycles. The van der Waals surface area contributed by atoms with Crippen LogP contribution in [-0.2, 0) is 0 Å². The third-order valence-corrected chi connectivity index (χ3v) is 4.40. The summed E-state index contributed by atoms with van der Waals surface area (Å²) in [5.41, 5.74) is 6.29. The Morgan fingerprint density at radius 1 is 1.39 bits per heavy atom. The number of aromatic nitrogens is 1. The Morgan fingerprint density at radius 2 is 2.06 bits per heavy atom. The quantitative estimate of drug-likeness (QED) is 0.908. The predicted octanol–water partition coefficient (Wildman–Crippen LogP) is 3.72. The molecule has 0 amide bonds. The molecule has 1 saturated carbocycles. The molecule has 1 aromatic heterocycles. The van der Waals surface area contributed by atoms with Crippen LogP contribution in [0.2, 0.25) is 5.02 Å². The minimum absolute atomic E-state index is 0.557. The number of nitrogen functional groups attached to an aromatic ring is 1. The van der Waals surface area contributed by atoms with Crippen LogP contribution >= 0.6 is 11.6 Å². The zero-order valence-corrected chi connectivity index (χ0v) is 12.0. The molecule has 0 saturated heterocycles. The minimum atomic E-state index is 0.557. The molecule has 4 heteroatoms. The zero-order valence-electron chi connectivity index (χ0n) is 11.2. The van der Waals surface area contributed by atoms with Gasteiger partial charge in [0.1, 0.15) is 5.82 Å². The van der Waals surface area contributed by atoms with Crippen molar-refractivity contribution in [1.29, 1.82) is 0 Å². The van der Waals surface area contributed by atoms with Gasteiger partial charge in [0.05, 0.1) is 16.9 Å². The lowest BCUT2D eigenvalue weighted by molar-refractivity contribution is 0.313. The number of halogens is 1. The lowest BCUT2D eigenvalue weighted by Gasteiger charge is -2.35. The molecule has 0 radical (unpaired) electrons. The number of nitrogens with zero attached hydrogens (tertiary/aromatic N) is 2. The fourth-order valence-corrected chi connectivity index (χ4v) is 3.13. The van der Waals surface area contributed by atoms with E-state index in [0.717, 1.165) is 11.7 Å². The first-order chi connectivity index (χ1) is 8.61. The molecule has 0 bridgehead atoms. The summed E-state index contributed by atoms with van der Waals surface area (Å²) >= 11 is 6.22. The second kappa shape index (κ2) is 5.79. The van der Waals surface area contributed by atoms with Crippen LogP contribution in [0.5, 0.6) is 0 Å². The zero-order chi connectivity index (χ0) is 13.1. The van der Waals surface area contributed by atoms with Crippen molar-refractivity contribution >= 4 is 23.1 Å². The van der Waals surface area contributed by atoms with Gasteiger partial charge in [-0.2, -0.15) is 0 Å². The van der Waals surface area contributed by atoms with E-state index in [1.807, 2.05) is 0 Å². The third-order valence-electron chi connectivity index (χ3n) is 4.12. The highest BCUT2D eigenvalue weighted by Crippen LogP contribution is 2.33. The van der Waals surface area contributed by atoms with E-state index < -0.39 is 0 Å². The lowest BCUT2D eigenvalue weighted by Crippen LogP contribution is -2.35. The Labute approximate surface area is 114 Å². The van der Waals surface area contributed by atoms with Gasteiger partial charge < -0.3 is 10.6 Å². The fourth-order valence-electron chi connectivity index (χ4n) is 2.82. The van der Waals surface area contributed by atoms with Gasteiger partial charge in [-0.05, 0) is 37.7 Å². The molecule has 3 nitrogen and oxygen atoms in total. The third kappa shape index (κ3) is 2.89. The summed E-state index contributed by atoms with van der Waals surface area (Å²) in [6.07, 6.45) is 8.08. The maximum Gasteiger partial charge on any atom is 0.147 e. The molecule has 1 aliphatic carbocycles. The average molecular weight is 268 g/mol. The van der Waals surface area contributed by atoms with E-state index in [2.05, 4.69) is 23.9 Å². The molecule has 18 heavy (non-hydrogen) atoms. The van der Waals surface area contributed by atoms with E-state index >= 15 is 0 Å². The van der Waals surface area contributed by atoms with E-state index in [-0.39, 0.29) is 0 Å². The summed E-state index contributed by atoms with van der Waals surface area (Å²) in [5, 5.41) is 0.648. The Bertz CT molecular complexity index is 400. The highest BCUT2D eigenvalue weighted by Gasteiger charge is 2.24. The van der Waals surface area contributed by atoms with E-state index in [4.69, 9.17) is 17.3 Å². The molecule has 0 atom stereocenters. The van der Waals surface area contributed by atoms with Gasteiger partial charge in [-0.25, -0.2) is 4.98 Å². The molecule has 1 fully saturated rings. The van der Waals surface area contributed by atoms with Crippen molar-refractivity contribution in [2.24, 2.45) is 5.92 Å². The molecule has 0 unspecified atom stereocenters.